The van der Waals surface area contributed by atoms with Gasteiger partial charge in [-0.2, -0.15) is 5.10 Å². The fourth-order valence-corrected chi connectivity index (χ4v) is 1.66. The molecule has 1 aromatic heterocycles. The molecule has 1 rings (SSSR count). The quantitative estimate of drug-likeness (QED) is 0.726. The molecule has 0 aliphatic carbocycles. The highest BCUT2D eigenvalue weighted by molar-refractivity contribution is 5.69. The molecule has 102 valence electrons. The van der Waals surface area contributed by atoms with Crippen molar-refractivity contribution >= 4 is 5.97 Å². The number of aromatic nitrogens is 3. The predicted molar refractivity (Wildman–Crippen MR) is 66.0 cm³/mol. The normalized spacial score (nSPS) is 12.4. The first-order valence-electron chi connectivity index (χ1n) is 6.36. The average Bonchev–Trinajstić information content (AvgIpc) is 2.71. The molecule has 1 aromatic rings. The van der Waals surface area contributed by atoms with Crippen LogP contribution in [0.4, 0.5) is 0 Å². The average molecular weight is 255 g/mol. The summed E-state index contributed by atoms with van der Waals surface area (Å²) in [6.45, 7) is 6.31. The van der Waals surface area contributed by atoms with Crippen LogP contribution >= 0.6 is 0 Å². The van der Waals surface area contributed by atoms with Gasteiger partial charge in [0.2, 0.25) is 0 Å². The molecule has 6 nitrogen and oxygen atoms in total. The van der Waals surface area contributed by atoms with Crippen LogP contribution in [0.3, 0.4) is 0 Å². The van der Waals surface area contributed by atoms with Crippen LogP contribution in [0.25, 0.3) is 0 Å². The molecule has 1 N–H and O–H groups in total. The van der Waals surface area contributed by atoms with Gasteiger partial charge in [-0.3, -0.25) is 4.79 Å². The van der Waals surface area contributed by atoms with Crippen LogP contribution in [0.2, 0.25) is 0 Å². The van der Waals surface area contributed by atoms with E-state index in [1.165, 1.54) is 0 Å². The number of aliphatic hydroxyl groups is 1. The highest BCUT2D eigenvalue weighted by Crippen LogP contribution is 2.05. The van der Waals surface area contributed by atoms with E-state index in [-0.39, 0.29) is 18.9 Å². The Morgan fingerprint density at radius 2 is 2.11 bits per heavy atom. The third-order valence-electron chi connectivity index (χ3n) is 2.52. The lowest BCUT2D eigenvalue weighted by Crippen LogP contribution is -2.23. The fourth-order valence-electron chi connectivity index (χ4n) is 1.66. The van der Waals surface area contributed by atoms with Gasteiger partial charge in [-0.1, -0.05) is 13.8 Å². The minimum atomic E-state index is -0.791. The van der Waals surface area contributed by atoms with E-state index in [4.69, 9.17) is 4.74 Å². The maximum absolute atomic E-state index is 11.2. The van der Waals surface area contributed by atoms with E-state index in [0.717, 1.165) is 24.5 Å². The summed E-state index contributed by atoms with van der Waals surface area (Å²) < 4.78 is 6.46. The maximum atomic E-state index is 11.2. The van der Waals surface area contributed by atoms with Crippen molar-refractivity contribution < 1.29 is 14.6 Å². The molecule has 6 heteroatoms. The lowest BCUT2D eigenvalue weighted by molar-refractivity contribution is -0.145. The van der Waals surface area contributed by atoms with Gasteiger partial charge in [0.15, 0.2) is 5.82 Å². The largest absolute Gasteiger partial charge is 0.466 e. The summed E-state index contributed by atoms with van der Waals surface area (Å²) in [7, 11) is 0. The highest BCUT2D eigenvalue weighted by atomic mass is 16.5. The van der Waals surface area contributed by atoms with Gasteiger partial charge in [0.1, 0.15) is 5.82 Å². The number of rotatable bonds is 7. The number of aryl methyl sites for hydroxylation is 2. The maximum Gasteiger partial charge on any atom is 0.308 e. The van der Waals surface area contributed by atoms with Crippen molar-refractivity contribution in [2.75, 3.05) is 6.61 Å². The Kier molecular flexibility index (Phi) is 5.77. The van der Waals surface area contributed by atoms with Gasteiger partial charge in [0.05, 0.1) is 25.7 Å². The van der Waals surface area contributed by atoms with Crippen LogP contribution < -0.4 is 0 Å². The predicted octanol–water partition coefficient (Wildman–Crippen LogP) is 0.717. The summed E-state index contributed by atoms with van der Waals surface area (Å²) in [5, 5.41) is 14.1. The van der Waals surface area contributed by atoms with Crippen LogP contribution in [0.5, 0.6) is 0 Å². The first-order chi connectivity index (χ1) is 8.60. The van der Waals surface area contributed by atoms with Crippen LogP contribution in [0.1, 0.15) is 38.8 Å². The number of carbonyl (C=O) groups is 1. The molecule has 0 saturated heterocycles. The van der Waals surface area contributed by atoms with Crippen molar-refractivity contribution in [1.29, 1.82) is 0 Å². The van der Waals surface area contributed by atoms with E-state index in [1.807, 2.05) is 13.8 Å². The molecule has 1 heterocycles. The summed E-state index contributed by atoms with van der Waals surface area (Å²) in [5.74, 6) is 1.20. The van der Waals surface area contributed by atoms with Crippen molar-refractivity contribution in [2.45, 2.75) is 52.7 Å². The van der Waals surface area contributed by atoms with Crippen molar-refractivity contribution in [2.24, 2.45) is 0 Å². The Balaban J connectivity index is 2.60. The van der Waals surface area contributed by atoms with E-state index in [2.05, 4.69) is 10.1 Å². The molecule has 0 aromatic carbocycles. The molecule has 0 radical (unpaired) electrons. The molecule has 0 spiro atoms. The number of nitrogens with zero attached hydrogens (tertiary/aromatic N) is 3. The lowest BCUT2D eigenvalue weighted by Gasteiger charge is -2.11. The first kappa shape index (κ1) is 14.6. The summed E-state index contributed by atoms with van der Waals surface area (Å²) in [4.78, 5) is 15.6. The molecule has 0 amide bonds. The Bertz CT molecular complexity index is 390. The summed E-state index contributed by atoms with van der Waals surface area (Å²) in [5.41, 5.74) is 0. The molecule has 1 unspecified atom stereocenters. The molecule has 0 aliphatic rings. The van der Waals surface area contributed by atoms with Crippen molar-refractivity contribution in [1.82, 2.24) is 14.8 Å². The third-order valence-corrected chi connectivity index (χ3v) is 2.52. The highest BCUT2D eigenvalue weighted by Gasteiger charge is 2.15. The van der Waals surface area contributed by atoms with E-state index >= 15 is 0 Å². The molecule has 18 heavy (non-hydrogen) atoms. The summed E-state index contributed by atoms with van der Waals surface area (Å²) >= 11 is 0. The second-order valence-electron chi connectivity index (χ2n) is 4.00. The van der Waals surface area contributed by atoms with Crippen LogP contribution in [-0.4, -0.2) is 38.6 Å². The van der Waals surface area contributed by atoms with Crippen molar-refractivity contribution in [3.05, 3.63) is 11.6 Å². The van der Waals surface area contributed by atoms with E-state index < -0.39 is 6.10 Å². The monoisotopic (exact) mass is 255 g/mol. The van der Waals surface area contributed by atoms with Gasteiger partial charge in [0.25, 0.3) is 0 Å². The Hall–Kier alpha value is -1.43. The Morgan fingerprint density at radius 1 is 1.39 bits per heavy atom. The number of ether oxygens (including phenoxy) is 1. The second-order valence-corrected chi connectivity index (χ2v) is 4.00. The first-order valence-corrected chi connectivity index (χ1v) is 6.36. The molecular weight excluding hydrogens is 234 g/mol. The van der Waals surface area contributed by atoms with Crippen molar-refractivity contribution in [3.63, 3.8) is 0 Å². The molecular formula is C12H21N3O3. The van der Waals surface area contributed by atoms with E-state index in [0.29, 0.717) is 6.61 Å². The summed E-state index contributed by atoms with van der Waals surface area (Å²) in [6.07, 6.45) is 0.701. The van der Waals surface area contributed by atoms with Gasteiger partial charge in [-0.15, -0.1) is 0 Å². The lowest BCUT2D eigenvalue weighted by atomic mass is 10.2. The van der Waals surface area contributed by atoms with Gasteiger partial charge in [0, 0.05) is 12.8 Å². The number of hydrogen-bond donors (Lipinski definition) is 1. The van der Waals surface area contributed by atoms with Crippen LogP contribution in [0, 0.1) is 0 Å². The topological polar surface area (TPSA) is 77.2 Å². The minimum absolute atomic E-state index is 0.0156. The Labute approximate surface area is 107 Å². The number of esters is 1. The van der Waals surface area contributed by atoms with Gasteiger partial charge in [-0.25, -0.2) is 9.67 Å². The number of aliphatic hydroxyl groups excluding tert-OH is 1. The van der Waals surface area contributed by atoms with Crippen LogP contribution in [0.15, 0.2) is 0 Å². The van der Waals surface area contributed by atoms with Gasteiger partial charge >= 0.3 is 5.97 Å². The zero-order valence-electron chi connectivity index (χ0n) is 11.2. The van der Waals surface area contributed by atoms with Gasteiger partial charge in [-0.05, 0) is 6.92 Å². The number of hydrogen-bond acceptors (Lipinski definition) is 5. The van der Waals surface area contributed by atoms with Crippen molar-refractivity contribution in [3.8, 4) is 0 Å². The van der Waals surface area contributed by atoms with Gasteiger partial charge < -0.3 is 9.84 Å². The Morgan fingerprint density at radius 3 is 2.67 bits per heavy atom. The van der Waals surface area contributed by atoms with Crippen LogP contribution in [-0.2, 0) is 28.9 Å². The standard InChI is InChI=1S/C12H21N3O3/c1-4-10-13-11(5-2)15(14-10)8-9(16)7-12(17)18-6-3/h9,16H,4-8H2,1-3H3. The molecule has 0 aliphatic heterocycles. The summed E-state index contributed by atoms with van der Waals surface area (Å²) in [6, 6.07) is 0. The second kappa shape index (κ2) is 7.10. The van der Waals surface area contributed by atoms with E-state index in [1.54, 1.807) is 11.6 Å². The molecule has 0 bridgehead atoms. The molecule has 0 saturated carbocycles. The smallest absolute Gasteiger partial charge is 0.308 e. The zero-order valence-corrected chi connectivity index (χ0v) is 11.2. The number of carbonyl (C=O) groups excluding carboxylic acids is 1. The fraction of sp³-hybridized carbons (Fsp3) is 0.750. The third kappa shape index (κ3) is 4.10. The SMILES string of the molecule is CCOC(=O)CC(O)Cn1nc(CC)nc1CC. The minimum Gasteiger partial charge on any atom is -0.466 e. The zero-order chi connectivity index (χ0) is 13.5. The van der Waals surface area contributed by atoms with E-state index in [9.17, 15) is 9.90 Å². The molecule has 0 fully saturated rings. The molecule has 1 atom stereocenters.